The minimum atomic E-state index is -0.241. The monoisotopic (exact) mass is 341 g/mol. The summed E-state index contributed by atoms with van der Waals surface area (Å²) in [7, 11) is 0. The van der Waals surface area contributed by atoms with Crippen LogP contribution in [0.4, 0.5) is 4.39 Å². The number of hydrogen-bond acceptors (Lipinski definition) is 6. The second kappa shape index (κ2) is 8.46. The summed E-state index contributed by atoms with van der Waals surface area (Å²) in [4.78, 5) is 10.8. The van der Waals surface area contributed by atoms with Gasteiger partial charge in [0.15, 0.2) is 5.82 Å². The lowest BCUT2D eigenvalue weighted by atomic mass is 10.2. The van der Waals surface area contributed by atoms with Crippen molar-refractivity contribution in [2.45, 2.75) is 26.1 Å². The van der Waals surface area contributed by atoms with Crippen molar-refractivity contribution in [3.05, 3.63) is 77.5 Å². The molecule has 3 aromatic rings. The summed E-state index contributed by atoms with van der Waals surface area (Å²) in [6.45, 7) is 2.16. The second-order valence-corrected chi connectivity index (χ2v) is 5.72. The molecule has 6 nitrogen and oxygen atoms in total. The van der Waals surface area contributed by atoms with E-state index in [1.165, 1.54) is 12.1 Å². The van der Waals surface area contributed by atoms with E-state index in [4.69, 9.17) is 10.3 Å². The Labute approximate surface area is 145 Å². The summed E-state index contributed by atoms with van der Waals surface area (Å²) in [6, 6.07) is 12.4. The Morgan fingerprint density at radius 1 is 1.08 bits per heavy atom. The van der Waals surface area contributed by atoms with Crippen LogP contribution in [-0.4, -0.2) is 26.6 Å². The maximum absolute atomic E-state index is 13.1. The fraction of sp³-hybridized carbons (Fsp3) is 0.278. The molecular weight excluding hydrogens is 321 g/mol. The molecular formula is C18H20FN5O. The Hall–Kier alpha value is -2.64. The van der Waals surface area contributed by atoms with Crippen LogP contribution in [-0.2, 0) is 26.1 Å². The highest BCUT2D eigenvalue weighted by molar-refractivity contribution is 5.16. The first-order valence-corrected chi connectivity index (χ1v) is 8.11. The SMILES string of the molecule is NCc1nc(CN(CCc2ccccn2)Cc2ccc(F)cc2)no1. The highest BCUT2D eigenvalue weighted by Gasteiger charge is 2.12. The number of rotatable bonds is 8. The van der Waals surface area contributed by atoms with Gasteiger partial charge in [-0.2, -0.15) is 4.98 Å². The summed E-state index contributed by atoms with van der Waals surface area (Å²) < 4.78 is 18.2. The standard InChI is InChI=1S/C18H20FN5O/c19-15-6-4-14(5-7-15)12-24(10-8-16-3-1-2-9-21-16)13-17-22-18(11-20)25-23-17/h1-7,9H,8,10-13,20H2. The van der Waals surface area contributed by atoms with Crippen LogP contribution in [0, 0.1) is 5.82 Å². The van der Waals surface area contributed by atoms with Gasteiger partial charge in [-0.05, 0) is 29.8 Å². The van der Waals surface area contributed by atoms with Crippen molar-refractivity contribution in [2.75, 3.05) is 6.54 Å². The molecule has 130 valence electrons. The molecule has 0 saturated carbocycles. The van der Waals surface area contributed by atoms with Gasteiger partial charge in [-0.25, -0.2) is 4.39 Å². The summed E-state index contributed by atoms with van der Waals surface area (Å²) in [5, 5.41) is 3.95. The summed E-state index contributed by atoms with van der Waals surface area (Å²) in [5.74, 6) is 0.764. The smallest absolute Gasteiger partial charge is 0.240 e. The van der Waals surface area contributed by atoms with Crippen LogP contribution in [0.25, 0.3) is 0 Å². The predicted molar refractivity (Wildman–Crippen MR) is 90.6 cm³/mol. The maximum Gasteiger partial charge on any atom is 0.240 e. The maximum atomic E-state index is 13.1. The average Bonchev–Trinajstić information content (AvgIpc) is 3.10. The molecule has 7 heteroatoms. The second-order valence-electron chi connectivity index (χ2n) is 5.72. The van der Waals surface area contributed by atoms with Gasteiger partial charge in [-0.1, -0.05) is 23.4 Å². The first-order valence-electron chi connectivity index (χ1n) is 8.11. The third-order valence-corrected chi connectivity index (χ3v) is 3.78. The van der Waals surface area contributed by atoms with Gasteiger partial charge < -0.3 is 10.3 Å². The third kappa shape index (κ3) is 5.17. The van der Waals surface area contributed by atoms with Gasteiger partial charge in [0.05, 0.1) is 13.1 Å². The molecule has 2 heterocycles. The van der Waals surface area contributed by atoms with Crippen molar-refractivity contribution in [3.63, 3.8) is 0 Å². The fourth-order valence-electron chi connectivity index (χ4n) is 2.52. The molecule has 0 fully saturated rings. The lowest BCUT2D eigenvalue weighted by Crippen LogP contribution is -2.26. The lowest BCUT2D eigenvalue weighted by Gasteiger charge is -2.20. The zero-order chi connectivity index (χ0) is 17.5. The van der Waals surface area contributed by atoms with Crippen LogP contribution >= 0.6 is 0 Å². The first-order chi connectivity index (χ1) is 12.2. The molecule has 0 aliphatic carbocycles. The van der Waals surface area contributed by atoms with Crippen molar-refractivity contribution in [1.82, 2.24) is 20.0 Å². The molecule has 0 bridgehead atoms. The van der Waals surface area contributed by atoms with Gasteiger partial charge in [-0.15, -0.1) is 0 Å². The van der Waals surface area contributed by atoms with E-state index in [-0.39, 0.29) is 12.4 Å². The topological polar surface area (TPSA) is 81.1 Å². The Bertz CT molecular complexity index is 776. The molecule has 0 amide bonds. The van der Waals surface area contributed by atoms with Crippen molar-refractivity contribution in [2.24, 2.45) is 5.73 Å². The van der Waals surface area contributed by atoms with E-state index in [0.29, 0.717) is 24.8 Å². The van der Waals surface area contributed by atoms with E-state index in [2.05, 4.69) is 20.0 Å². The Morgan fingerprint density at radius 2 is 1.92 bits per heavy atom. The lowest BCUT2D eigenvalue weighted by molar-refractivity contribution is 0.247. The number of nitrogens with two attached hydrogens (primary N) is 1. The van der Waals surface area contributed by atoms with Gasteiger partial charge in [-0.3, -0.25) is 9.88 Å². The Kier molecular flexibility index (Phi) is 5.81. The van der Waals surface area contributed by atoms with E-state index < -0.39 is 0 Å². The Balaban J connectivity index is 1.68. The minimum Gasteiger partial charge on any atom is -0.338 e. The van der Waals surface area contributed by atoms with Crippen LogP contribution in [0.15, 0.2) is 53.2 Å². The van der Waals surface area contributed by atoms with Gasteiger partial charge in [0, 0.05) is 31.4 Å². The number of nitrogens with zero attached hydrogens (tertiary/aromatic N) is 4. The molecule has 0 spiro atoms. The van der Waals surface area contributed by atoms with E-state index in [9.17, 15) is 4.39 Å². The predicted octanol–water partition coefficient (Wildman–Crippen LogP) is 2.31. The zero-order valence-electron chi connectivity index (χ0n) is 13.8. The summed E-state index contributed by atoms with van der Waals surface area (Å²) in [5.41, 5.74) is 7.55. The number of aromatic nitrogens is 3. The number of benzene rings is 1. The van der Waals surface area contributed by atoms with E-state index in [1.807, 2.05) is 18.2 Å². The fourth-order valence-corrected chi connectivity index (χ4v) is 2.52. The number of halogens is 1. The average molecular weight is 341 g/mol. The first kappa shape index (κ1) is 17.2. The van der Waals surface area contributed by atoms with Crippen LogP contribution < -0.4 is 5.73 Å². The molecule has 0 aliphatic heterocycles. The summed E-state index contributed by atoms with van der Waals surface area (Å²) in [6.07, 6.45) is 2.58. The van der Waals surface area contributed by atoms with Gasteiger partial charge >= 0.3 is 0 Å². The number of pyridine rings is 1. The van der Waals surface area contributed by atoms with Crippen molar-refractivity contribution >= 4 is 0 Å². The van der Waals surface area contributed by atoms with E-state index >= 15 is 0 Å². The van der Waals surface area contributed by atoms with Gasteiger partial charge in [0.25, 0.3) is 0 Å². The molecule has 0 atom stereocenters. The van der Waals surface area contributed by atoms with Crippen molar-refractivity contribution < 1.29 is 8.91 Å². The van der Waals surface area contributed by atoms with Crippen LogP contribution in [0.5, 0.6) is 0 Å². The van der Waals surface area contributed by atoms with Crippen LogP contribution in [0.3, 0.4) is 0 Å². The number of hydrogen-bond donors (Lipinski definition) is 1. The molecule has 2 N–H and O–H groups in total. The van der Waals surface area contributed by atoms with Crippen LogP contribution in [0.1, 0.15) is 23.0 Å². The quantitative estimate of drug-likeness (QED) is 0.677. The van der Waals surface area contributed by atoms with Gasteiger partial charge in [0.2, 0.25) is 5.89 Å². The van der Waals surface area contributed by atoms with Gasteiger partial charge in [0.1, 0.15) is 5.82 Å². The highest BCUT2D eigenvalue weighted by Crippen LogP contribution is 2.11. The molecule has 3 rings (SSSR count). The normalized spacial score (nSPS) is 11.2. The molecule has 25 heavy (non-hydrogen) atoms. The highest BCUT2D eigenvalue weighted by atomic mass is 19.1. The summed E-state index contributed by atoms with van der Waals surface area (Å²) >= 11 is 0. The molecule has 0 unspecified atom stereocenters. The molecule has 0 saturated heterocycles. The van der Waals surface area contributed by atoms with Crippen molar-refractivity contribution in [3.8, 4) is 0 Å². The molecule has 0 radical (unpaired) electrons. The minimum absolute atomic E-state index is 0.221. The Morgan fingerprint density at radius 3 is 2.60 bits per heavy atom. The largest absolute Gasteiger partial charge is 0.338 e. The van der Waals surface area contributed by atoms with Crippen molar-refractivity contribution in [1.29, 1.82) is 0 Å². The van der Waals surface area contributed by atoms with E-state index in [0.717, 1.165) is 24.2 Å². The molecule has 0 aliphatic rings. The van der Waals surface area contributed by atoms with Crippen LogP contribution in [0.2, 0.25) is 0 Å². The zero-order valence-corrected chi connectivity index (χ0v) is 13.8. The molecule has 1 aromatic carbocycles. The van der Waals surface area contributed by atoms with E-state index in [1.54, 1.807) is 18.3 Å². The molecule has 2 aromatic heterocycles. The third-order valence-electron chi connectivity index (χ3n) is 3.78.